The molecule has 0 aliphatic carbocycles. The zero-order chi connectivity index (χ0) is 16.9. The van der Waals surface area contributed by atoms with Crippen LogP contribution >= 0.6 is 0 Å². The largest absolute Gasteiger partial charge is 0.364 e. The van der Waals surface area contributed by atoms with Crippen LogP contribution in [0.3, 0.4) is 0 Å². The Bertz CT molecular complexity index is 708. The second kappa shape index (κ2) is 7.20. The van der Waals surface area contributed by atoms with E-state index in [-0.39, 0.29) is 23.5 Å². The Morgan fingerprint density at radius 2 is 2.25 bits per heavy atom. The van der Waals surface area contributed by atoms with Gasteiger partial charge >= 0.3 is 0 Å². The molecule has 0 spiro atoms. The molecule has 2 aromatic rings. The molecule has 1 atom stereocenters. The van der Waals surface area contributed by atoms with E-state index in [0.29, 0.717) is 24.7 Å². The predicted octanol–water partition coefficient (Wildman–Crippen LogP) is 1.45. The first-order chi connectivity index (χ1) is 11.7. The lowest BCUT2D eigenvalue weighted by Crippen LogP contribution is -2.28. The van der Waals surface area contributed by atoms with Crippen molar-refractivity contribution in [3.8, 4) is 0 Å². The Balaban J connectivity index is 1.59. The molecule has 3 rings (SSSR count). The number of aromatic nitrogens is 3. The molecule has 1 fully saturated rings. The normalized spacial score (nSPS) is 16.9. The maximum absolute atomic E-state index is 13.8. The van der Waals surface area contributed by atoms with E-state index in [1.54, 1.807) is 24.4 Å². The molecule has 126 valence electrons. The van der Waals surface area contributed by atoms with Gasteiger partial charge in [-0.15, -0.1) is 10.2 Å². The summed E-state index contributed by atoms with van der Waals surface area (Å²) < 4.78 is 13.8. The van der Waals surface area contributed by atoms with Crippen molar-refractivity contribution >= 4 is 17.5 Å². The van der Waals surface area contributed by atoms with Gasteiger partial charge in [0.1, 0.15) is 5.82 Å². The molecule has 2 N–H and O–H groups in total. The van der Waals surface area contributed by atoms with Crippen molar-refractivity contribution in [3.05, 3.63) is 42.0 Å². The predicted molar refractivity (Wildman–Crippen MR) is 88.5 cm³/mol. The fourth-order valence-corrected chi connectivity index (χ4v) is 2.67. The summed E-state index contributed by atoms with van der Waals surface area (Å²) in [6.45, 7) is 3.74. The number of carbonyl (C=O) groups excluding carboxylic acids is 1. The number of nitrogens with zero attached hydrogens (tertiary/aromatic N) is 4. The summed E-state index contributed by atoms with van der Waals surface area (Å²) in [5.41, 5.74) is 0.283. The summed E-state index contributed by atoms with van der Waals surface area (Å²) in [5.74, 6) is 0.411. The molecule has 0 unspecified atom stereocenters. The average molecular weight is 330 g/mol. The number of carbonyl (C=O) groups is 1. The molecular weight excluding hydrogens is 311 g/mol. The van der Waals surface area contributed by atoms with Crippen LogP contribution in [0.2, 0.25) is 0 Å². The number of hydrogen-bond donors (Lipinski definition) is 2. The van der Waals surface area contributed by atoms with Crippen molar-refractivity contribution in [2.24, 2.45) is 0 Å². The standard InChI is InChI=1S/C16H19FN6O/c1-2-18-16(24)13-5-6-14(22-21-13)20-11-7-9-23(10-11)15-12(17)4-3-8-19-15/h3-6,8,11H,2,7,9-10H2,1H3,(H,18,24)(H,20,22)/t11-/m1/s1. The van der Waals surface area contributed by atoms with Gasteiger partial charge in [-0.25, -0.2) is 9.37 Å². The first-order valence-electron chi connectivity index (χ1n) is 7.91. The molecule has 24 heavy (non-hydrogen) atoms. The van der Waals surface area contributed by atoms with Crippen LogP contribution in [0, 0.1) is 5.82 Å². The smallest absolute Gasteiger partial charge is 0.271 e. The molecule has 0 saturated carbocycles. The molecule has 1 saturated heterocycles. The van der Waals surface area contributed by atoms with Crippen molar-refractivity contribution in [3.63, 3.8) is 0 Å². The van der Waals surface area contributed by atoms with Gasteiger partial charge in [0.15, 0.2) is 17.3 Å². The van der Waals surface area contributed by atoms with Crippen LogP contribution in [0.15, 0.2) is 30.5 Å². The van der Waals surface area contributed by atoms with Crippen LogP contribution < -0.4 is 15.5 Å². The molecule has 1 aliphatic heterocycles. The van der Waals surface area contributed by atoms with Gasteiger partial charge in [-0.05, 0) is 37.6 Å². The van der Waals surface area contributed by atoms with Gasteiger partial charge in [-0.3, -0.25) is 4.79 Å². The minimum atomic E-state index is -0.316. The maximum Gasteiger partial charge on any atom is 0.271 e. The van der Waals surface area contributed by atoms with Crippen LogP contribution in [-0.4, -0.2) is 46.8 Å². The molecule has 2 aromatic heterocycles. The molecule has 1 aliphatic rings. The first-order valence-corrected chi connectivity index (χ1v) is 7.91. The Labute approximate surface area is 139 Å². The highest BCUT2D eigenvalue weighted by molar-refractivity contribution is 5.92. The number of anilines is 2. The number of hydrogen-bond acceptors (Lipinski definition) is 6. The fourth-order valence-electron chi connectivity index (χ4n) is 2.67. The van der Waals surface area contributed by atoms with E-state index in [4.69, 9.17) is 0 Å². The van der Waals surface area contributed by atoms with Crippen molar-refractivity contribution in [2.75, 3.05) is 29.9 Å². The molecule has 7 nitrogen and oxygen atoms in total. The Morgan fingerprint density at radius 3 is 2.96 bits per heavy atom. The van der Waals surface area contributed by atoms with Crippen molar-refractivity contribution in [1.82, 2.24) is 20.5 Å². The maximum atomic E-state index is 13.8. The molecule has 8 heteroatoms. The summed E-state index contributed by atoms with van der Waals surface area (Å²) in [5, 5.41) is 13.9. The van der Waals surface area contributed by atoms with Crippen LogP contribution in [0.5, 0.6) is 0 Å². The minimum Gasteiger partial charge on any atom is -0.364 e. The van der Waals surface area contributed by atoms with Gasteiger partial charge in [0.25, 0.3) is 5.91 Å². The highest BCUT2D eigenvalue weighted by Gasteiger charge is 2.25. The summed E-state index contributed by atoms with van der Waals surface area (Å²) in [6.07, 6.45) is 2.43. The minimum absolute atomic E-state index is 0.121. The van der Waals surface area contributed by atoms with Crippen LogP contribution in [-0.2, 0) is 0 Å². The summed E-state index contributed by atoms with van der Waals surface area (Å²) >= 11 is 0. The highest BCUT2D eigenvalue weighted by Crippen LogP contribution is 2.22. The Kier molecular flexibility index (Phi) is 4.83. The topological polar surface area (TPSA) is 83.0 Å². The molecule has 0 aromatic carbocycles. The molecule has 1 amide bonds. The summed E-state index contributed by atoms with van der Waals surface area (Å²) in [4.78, 5) is 17.7. The molecule has 0 bridgehead atoms. The molecule has 3 heterocycles. The van der Waals surface area contributed by atoms with Gasteiger partial charge in [-0.2, -0.15) is 0 Å². The quantitative estimate of drug-likeness (QED) is 0.863. The molecular formula is C16H19FN6O. The average Bonchev–Trinajstić information content (AvgIpc) is 3.04. The van der Waals surface area contributed by atoms with E-state index in [2.05, 4.69) is 25.8 Å². The number of amides is 1. The van der Waals surface area contributed by atoms with E-state index in [9.17, 15) is 9.18 Å². The summed E-state index contributed by atoms with van der Waals surface area (Å²) in [7, 11) is 0. The third-order valence-electron chi connectivity index (χ3n) is 3.81. The van der Waals surface area contributed by atoms with Crippen molar-refractivity contribution < 1.29 is 9.18 Å². The highest BCUT2D eigenvalue weighted by atomic mass is 19.1. The number of pyridine rings is 1. The Morgan fingerprint density at radius 1 is 1.38 bits per heavy atom. The number of nitrogens with one attached hydrogen (secondary N) is 2. The SMILES string of the molecule is CCNC(=O)c1ccc(N[C@@H]2CCN(c3ncccc3F)C2)nn1. The van der Waals surface area contributed by atoms with Crippen LogP contribution in [0.25, 0.3) is 0 Å². The van der Waals surface area contributed by atoms with E-state index in [1.807, 2.05) is 11.8 Å². The van der Waals surface area contributed by atoms with Crippen LogP contribution in [0.4, 0.5) is 16.0 Å². The molecule has 0 radical (unpaired) electrons. The number of halogens is 1. The monoisotopic (exact) mass is 330 g/mol. The van der Waals surface area contributed by atoms with Gasteiger partial charge in [0.05, 0.1) is 0 Å². The van der Waals surface area contributed by atoms with Crippen molar-refractivity contribution in [1.29, 1.82) is 0 Å². The van der Waals surface area contributed by atoms with Gasteiger partial charge < -0.3 is 15.5 Å². The zero-order valence-corrected chi connectivity index (χ0v) is 13.4. The zero-order valence-electron chi connectivity index (χ0n) is 13.4. The van der Waals surface area contributed by atoms with E-state index in [1.165, 1.54) is 6.07 Å². The van der Waals surface area contributed by atoms with Crippen LogP contribution in [0.1, 0.15) is 23.8 Å². The second-order valence-electron chi connectivity index (χ2n) is 5.55. The van der Waals surface area contributed by atoms with Gasteiger partial charge in [-0.1, -0.05) is 0 Å². The third kappa shape index (κ3) is 3.58. The second-order valence-corrected chi connectivity index (χ2v) is 5.55. The van der Waals surface area contributed by atoms with Gasteiger partial charge in [0.2, 0.25) is 0 Å². The first kappa shape index (κ1) is 16.1. The lowest BCUT2D eigenvalue weighted by atomic mass is 10.2. The van der Waals surface area contributed by atoms with Crippen molar-refractivity contribution in [2.45, 2.75) is 19.4 Å². The lowest BCUT2D eigenvalue weighted by molar-refractivity contribution is 0.0950. The van der Waals surface area contributed by atoms with Gasteiger partial charge in [0, 0.05) is 31.9 Å². The van der Waals surface area contributed by atoms with E-state index < -0.39 is 0 Å². The fraction of sp³-hybridized carbons (Fsp3) is 0.375. The third-order valence-corrected chi connectivity index (χ3v) is 3.81. The summed E-state index contributed by atoms with van der Waals surface area (Å²) in [6, 6.07) is 6.47. The number of rotatable bonds is 5. The Hall–Kier alpha value is -2.77. The van der Waals surface area contributed by atoms with E-state index in [0.717, 1.165) is 13.0 Å². The lowest BCUT2D eigenvalue weighted by Gasteiger charge is -2.18. The van der Waals surface area contributed by atoms with E-state index >= 15 is 0 Å².